The van der Waals surface area contributed by atoms with Gasteiger partial charge in [-0.3, -0.25) is 28.8 Å². The Morgan fingerprint density at radius 1 is 0.429 bits per heavy atom. The van der Waals surface area contributed by atoms with Gasteiger partial charge in [0.15, 0.2) is 12.2 Å². The van der Waals surface area contributed by atoms with Crippen molar-refractivity contribution in [3.8, 4) is 0 Å². The Hall–Kier alpha value is -2.91. The SMILES string of the molecule is C.CC.CCCCCCCC.CCCCCCCCC(=O)OCC(COC)OC(=O)CN(CC(=O)OC(COC(=O)CCCCCCCC)COC(=O)CCCCCCCC)C(=O)SCCCN(C)C. The highest BCUT2D eigenvalue weighted by molar-refractivity contribution is 8.13. The molecule has 0 aliphatic heterocycles. The average Bonchev–Trinajstić information content (AvgIpc) is 3.33. The van der Waals surface area contributed by atoms with Crippen LogP contribution in [0.4, 0.5) is 4.79 Å². The fourth-order valence-electron chi connectivity index (χ4n) is 6.77. The fraction of sp³-hybridized carbons (Fsp3) is 0.891. The summed E-state index contributed by atoms with van der Waals surface area (Å²) in [5.74, 6) is -2.59. The number of methoxy groups -OCH3 is 1. The highest BCUT2D eigenvalue weighted by Gasteiger charge is 2.27. The van der Waals surface area contributed by atoms with Crippen LogP contribution in [0.25, 0.3) is 0 Å². The summed E-state index contributed by atoms with van der Waals surface area (Å²) in [6.07, 6.45) is 25.9. The monoisotopic (exact) mass is 1020 g/mol. The van der Waals surface area contributed by atoms with Gasteiger partial charge in [-0.05, 0) is 46.3 Å². The lowest BCUT2D eigenvalue weighted by Crippen LogP contribution is -2.42. The first kappa shape index (κ1) is 73.6. The molecule has 1 amide bonds. The van der Waals surface area contributed by atoms with Gasteiger partial charge in [-0.1, -0.05) is 202 Å². The fourth-order valence-corrected chi connectivity index (χ4v) is 7.53. The van der Waals surface area contributed by atoms with E-state index in [0.29, 0.717) is 31.4 Å². The molecular weight excluding hydrogens is 913 g/mol. The van der Waals surface area contributed by atoms with Gasteiger partial charge in [-0.25, -0.2) is 0 Å². The van der Waals surface area contributed by atoms with Crippen LogP contribution in [-0.4, -0.2) is 130 Å². The van der Waals surface area contributed by atoms with E-state index in [2.05, 4.69) is 34.6 Å². The number of carbonyl (C=O) groups is 6. The minimum Gasteiger partial charge on any atom is -0.462 e. The van der Waals surface area contributed by atoms with E-state index >= 15 is 0 Å². The summed E-state index contributed by atoms with van der Waals surface area (Å²) >= 11 is 0.954. The second kappa shape index (κ2) is 57.0. The van der Waals surface area contributed by atoms with Crippen molar-refractivity contribution in [1.29, 1.82) is 0 Å². The number of amides is 1. The lowest BCUT2D eigenvalue weighted by Gasteiger charge is -2.24. The van der Waals surface area contributed by atoms with Gasteiger partial charge >= 0.3 is 29.8 Å². The number of unbranched alkanes of at least 4 members (excludes halogenated alkanes) is 20. The molecule has 0 bridgehead atoms. The Bertz CT molecular complexity index is 1190. The smallest absolute Gasteiger partial charge is 0.326 e. The highest BCUT2D eigenvalue weighted by Crippen LogP contribution is 2.15. The van der Waals surface area contributed by atoms with Crippen LogP contribution in [-0.2, 0) is 52.4 Å². The molecular formula is C55H108N2O12S. The first-order valence-electron chi connectivity index (χ1n) is 27.3. The van der Waals surface area contributed by atoms with Crippen LogP contribution < -0.4 is 0 Å². The van der Waals surface area contributed by atoms with Crippen molar-refractivity contribution in [2.45, 2.75) is 248 Å². The molecule has 0 aromatic rings. The number of hydrogen-bond donors (Lipinski definition) is 0. The van der Waals surface area contributed by atoms with Crippen molar-refractivity contribution in [2.75, 3.05) is 73.0 Å². The van der Waals surface area contributed by atoms with Crippen molar-refractivity contribution < 1.29 is 57.2 Å². The van der Waals surface area contributed by atoms with Gasteiger partial charge in [0, 0.05) is 32.1 Å². The molecule has 0 heterocycles. The van der Waals surface area contributed by atoms with Gasteiger partial charge in [-0.2, -0.15) is 0 Å². The molecule has 0 aromatic carbocycles. The zero-order valence-electron chi connectivity index (χ0n) is 45.8. The Kier molecular flexibility index (Phi) is 59.9. The van der Waals surface area contributed by atoms with E-state index in [-0.39, 0.29) is 53.1 Å². The van der Waals surface area contributed by atoms with Crippen molar-refractivity contribution in [3.63, 3.8) is 0 Å². The van der Waals surface area contributed by atoms with Gasteiger partial charge in [0.05, 0.1) is 6.61 Å². The second-order valence-corrected chi connectivity index (χ2v) is 18.9. The number of thioether (sulfide) groups is 1. The molecule has 0 saturated carbocycles. The number of hydrogen-bond acceptors (Lipinski definition) is 14. The maximum Gasteiger partial charge on any atom is 0.326 e. The number of carbonyl (C=O) groups excluding carboxylic acids is 6. The van der Waals surface area contributed by atoms with E-state index in [1.54, 1.807) is 0 Å². The summed E-state index contributed by atoms with van der Waals surface area (Å²) in [4.78, 5) is 80.4. The third kappa shape index (κ3) is 52.9. The Morgan fingerprint density at radius 2 is 0.729 bits per heavy atom. The van der Waals surface area contributed by atoms with Gasteiger partial charge in [0.2, 0.25) is 0 Å². The Balaban J connectivity index is -0.00000178. The van der Waals surface area contributed by atoms with Crippen LogP contribution in [0.2, 0.25) is 0 Å². The summed E-state index contributed by atoms with van der Waals surface area (Å²) in [5, 5.41) is -0.543. The van der Waals surface area contributed by atoms with E-state index in [1.807, 2.05) is 32.8 Å². The van der Waals surface area contributed by atoms with Gasteiger partial charge in [-0.15, -0.1) is 0 Å². The zero-order chi connectivity index (χ0) is 52.2. The van der Waals surface area contributed by atoms with Gasteiger partial charge < -0.3 is 38.2 Å². The number of nitrogens with zero attached hydrogens (tertiary/aromatic N) is 2. The normalized spacial score (nSPS) is 11.0. The lowest BCUT2D eigenvalue weighted by molar-refractivity contribution is -0.168. The standard InChI is InChI=1S/C44H80N2O12S.C8H18.C2H6.CH4/c1-7-10-13-16-19-22-26-39(47)54-34-37(33-53-6)57-42(50)31-46(44(52)59-30-25-29-45(4)5)32-43(51)58-38(35-55-40(48)27-23-20-17-14-11-8-2)36-56-41(49)28-24-21-18-15-12-9-3;1-3-5-7-8-6-4-2;1-2;/h37-38H,7-36H2,1-6H3;3-8H2,1-2H3;1-2H3;1H4. The highest BCUT2D eigenvalue weighted by atomic mass is 32.2. The summed E-state index contributed by atoms with van der Waals surface area (Å²) in [6, 6.07) is 0. The molecule has 15 heteroatoms. The first-order chi connectivity index (χ1) is 33.4. The second-order valence-electron chi connectivity index (χ2n) is 17.8. The number of esters is 5. The molecule has 1 atom stereocenters. The molecule has 0 aliphatic carbocycles. The minimum atomic E-state index is -1.13. The molecule has 0 aliphatic rings. The predicted molar refractivity (Wildman–Crippen MR) is 288 cm³/mol. The first-order valence-corrected chi connectivity index (χ1v) is 28.3. The Morgan fingerprint density at radius 3 is 1.03 bits per heavy atom. The quantitative estimate of drug-likeness (QED) is 0.0321. The van der Waals surface area contributed by atoms with E-state index in [0.717, 1.165) is 113 Å². The van der Waals surface area contributed by atoms with Crippen molar-refractivity contribution >= 4 is 46.8 Å². The topological polar surface area (TPSA) is 164 Å². The molecule has 14 nitrogen and oxygen atoms in total. The largest absolute Gasteiger partial charge is 0.462 e. The molecule has 0 radical (unpaired) electrons. The van der Waals surface area contributed by atoms with E-state index in [4.69, 9.17) is 28.4 Å². The van der Waals surface area contributed by atoms with E-state index < -0.39 is 60.4 Å². The van der Waals surface area contributed by atoms with Crippen LogP contribution in [0.5, 0.6) is 0 Å². The third-order valence-electron chi connectivity index (χ3n) is 10.8. The molecule has 1 unspecified atom stereocenters. The van der Waals surface area contributed by atoms with Gasteiger partial charge in [0.25, 0.3) is 5.24 Å². The van der Waals surface area contributed by atoms with Crippen LogP contribution in [0.15, 0.2) is 0 Å². The molecule has 0 rings (SSSR count). The molecule has 0 spiro atoms. The van der Waals surface area contributed by atoms with Gasteiger partial charge in [0.1, 0.15) is 32.9 Å². The summed E-state index contributed by atoms with van der Waals surface area (Å²) in [6.45, 7) is 13.5. The van der Waals surface area contributed by atoms with E-state index in [9.17, 15) is 28.8 Å². The third-order valence-corrected chi connectivity index (χ3v) is 11.8. The molecule has 0 fully saturated rings. The van der Waals surface area contributed by atoms with Crippen molar-refractivity contribution in [3.05, 3.63) is 0 Å². The summed E-state index contributed by atoms with van der Waals surface area (Å²) < 4.78 is 32.6. The summed E-state index contributed by atoms with van der Waals surface area (Å²) in [5.41, 5.74) is 0. The van der Waals surface area contributed by atoms with Crippen molar-refractivity contribution in [2.24, 2.45) is 0 Å². The predicted octanol–water partition coefficient (Wildman–Crippen LogP) is 13.5. The van der Waals surface area contributed by atoms with Crippen molar-refractivity contribution in [1.82, 2.24) is 9.80 Å². The maximum atomic E-state index is 13.4. The molecule has 0 saturated heterocycles. The molecule has 0 aromatic heterocycles. The van der Waals surface area contributed by atoms with Crippen LogP contribution >= 0.6 is 11.8 Å². The number of ether oxygens (including phenoxy) is 6. The lowest BCUT2D eigenvalue weighted by atomic mass is 10.1. The molecule has 0 N–H and O–H groups in total. The number of rotatable bonds is 44. The Labute approximate surface area is 433 Å². The van der Waals surface area contributed by atoms with Crippen LogP contribution in [0, 0.1) is 0 Å². The zero-order valence-corrected chi connectivity index (χ0v) is 46.6. The van der Waals surface area contributed by atoms with Crippen LogP contribution in [0.1, 0.15) is 236 Å². The molecule has 70 heavy (non-hydrogen) atoms. The average molecular weight is 1020 g/mol. The minimum absolute atomic E-state index is 0. The van der Waals surface area contributed by atoms with Crippen LogP contribution in [0.3, 0.4) is 0 Å². The summed E-state index contributed by atoms with van der Waals surface area (Å²) in [7, 11) is 5.26. The maximum absolute atomic E-state index is 13.4. The van der Waals surface area contributed by atoms with E-state index in [1.165, 1.54) is 52.1 Å². The molecule has 416 valence electrons.